The van der Waals surface area contributed by atoms with E-state index in [2.05, 4.69) is 28.2 Å². The molecule has 0 aliphatic heterocycles. The van der Waals surface area contributed by atoms with E-state index in [1.165, 1.54) is 12.1 Å². The van der Waals surface area contributed by atoms with Gasteiger partial charge in [0.05, 0.1) is 6.04 Å². The maximum Gasteiger partial charge on any atom is 0.126 e. The maximum atomic E-state index is 13.4. The summed E-state index contributed by atoms with van der Waals surface area (Å²) in [5.41, 5.74) is 1.55. The molecule has 106 valence electrons. The van der Waals surface area contributed by atoms with Crippen LogP contribution in [0.4, 0.5) is 8.78 Å². The smallest absolute Gasteiger partial charge is 0.126 e. The summed E-state index contributed by atoms with van der Waals surface area (Å²) in [7, 11) is 0. The molecule has 0 aliphatic rings. The Labute approximate surface area is 126 Å². The average molecular weight is 340 g/mol. The molecule has 0 amide bonds. The van der Waals surface area contributed by atoms with Crippen LogP contribution in [0.1, 0.15) is 30.5 Å². The minimum absolute atomic E-state index is 0.240. The van der Waals surface area contributed by atoms with Crippen LogP contribution in [0, 0.1) is 11.6 Å². The zero-order chi connectivity index (χ0) is 14.5. The van der Waals surface area contributed by atoms with Gasteiger partial charge in [-0.3, -0.25) is 0 Å². The van der Waals surface area contributed by atoms with Crippen molar-refractivity contribution in [3.8, 4) is 0 Å². The topological polar surface area (TPSA) is 12.0 Å². The van der Waals surface area contributed by atoms with Crippen molar-refractivity contribution in [3.63, 3.8) is 0 Å². The molecule has 0 bridgehead atoms. The highest BCUT2D eigenvalue weighted by atomic mass is 79.9. The van der Waals surface area contributed by atoms with E-state index in [0.717, 1.165) is 29.1 Å². The van der Waals surface area contributed by atoms with Crippen molar-refractivity contribution in [3.05, 3.63) is 69.7 Å². The molecule has 0 aromatic heterocycles. The van der Waals surface area contributed by atoms with Gasteiger partial charge in [-0.15, -0.1) is 0 Å². The third-order valence-electron chi connectivity index (χ3n) is 3.03. The summed E-state index contributed by atoms with van der Waals surface area (Å²) < 4.78 is 27.8. The molecule has 1 N–H and O–H groups in total. The van der Waals surface area contributed by atoms with Crippen molar-refractivity contribution >= 4 is 15.9 Å². The lowest BCUT2D eigenvalue weighted by atomic mass is 9.98. The van der Waals surface area contributed by atoms with Crippen molar-refractivity contribution in [2.24, 2.45) is 0 Å². The van der Waals surface area contributed by atoms with Gasteiger partial charge in [-0.05, 0) is 42.3 Å². The quantitative estimate of drug-likeness (QED) is 0.823. The summed E-state index contributed by atoms with van der Waals surface area (Å²) in [5, 5.41) is 3.33. The van der Waals surface area contributed by atoms with Crippen LogP contribution < -0.4 is 5.32 Å². The van der Waals surface area contributed by atoms with Gasteiger partial charge in [0.2, 0.25) is 0 Å². The van der Waals surface area contributed by atoms with Crippen molar-refractivity contribution in [2.45, 2.75) is 19.4 Å². The molecule has 0 fully saturated rings. The molecule has 2 aromatic carbocycles. The van der Waals surface area contributed by atoms with Crippen LogP contribution in [0.15, 0.2) is 46.9 Å². The first-order valence-electron chi connectivity index (χ1n) is 6.55. The number of halogens is 3. The fraction of sp³-hybridized carbons (Fsp3) is 0.250. The van der Waals surface area contributed by atoms with Gasteiger partial charge in [0.25, 0.3) is 0 Å². The van der Waals surface area contributed by atoms with E-state index in [1.807, 2.05) is 24.3 Å². The molecular weight excluding hydrogens is 324 g/mol. The first-order chi connectivity index (χ1) is 9.61. The fourth-order valence-electron chi connectivity index (χ4n) is 2.15. The summed E-state index contributed by atoms with van der Waals surface area (Å²) in [6.45, 7) is 2.82. The lowest BCUT2D eigenvalue weighted by Gasteiger charge is -2.21. The summed E-state index contributed by atoms with van der Waals surface area (Å²) in [6.07, 6.45) is 0.943. The van der Waals surface area contributed by atoms with Gasteiger partial charge in [0.15, 0.2) is 0 Å². The SMILES string of the molecule is CCCNC(c1cc(F)cc(F)c1)c1ccccc1Br. The summed E-state index contributed by atoms with van der Waals surface area (Å²) in [6, 6.07) is 11.1. The number of benzene rings is 2. The average Bonchev–Trinajstić information content (AvgIpc) is 2.40. The molecule has 0 spiro atoms. The summed E-state index contributed by atoms with van der Waals surface area (Å²) >= 11 is 3.50. The Morgan fingerprint density at radius 2 is 1.75 bits per heavy atom. The maximum absolute atomic E-state index is 13.4. The van der Waals surface area contributed by atoms with Gasteiger partial charge in [0, 0.05) is 10.5 Å². The Kier molecular flexibility index (Phi) is 5.26. The van der Waals surface area contributed by atoms with Crippen molar-refractivity contribution in [1.29, 1.82) is 0 Å². The highest BCUT2D eigenvalue weighted by molar-refractivity contribution is 9.10. The van der Waals surface area contributed by atoms with Gasteiger partial charge in [-0.2, -0.15) is 0 Å². The second-order valence-corrected chi connectivity index (χ2v) is 5.47. The molecule has 4 heteroatoms. The third-order valence-corrected chi connectivity index (χ3v) is 3.76. The molecule has 1 atom stereocenters. The second kappa shape index (κ2) is 6.95. The normalized spacial score (nSPS) is 12.4. The van der Waals surface area contributed by atoms with Crippen LogP contribution in [0.5, 0.6) is 0 Å². The van der Waals surface area contributed by atoms with E-state index in [1.54, 1.807) is 0 Å². The fourth-order valence-corrected chi connectivity index (χ4v) is 2.66. The molecule has 0 heterocycles. The van der Waals surface area contributed by atoms with E-state index in [4.69, 9.17) is 0 Å². The van der Waals surface area contributed by atoms with Crippen LogP contribution in [0.3, 0.4) is 0 Å². The Morgan fingerprint density at radius 3 is 2.35 bits per heavy atom. The molecule has 2 rings (SSSR count). The third kappa shape index (κ3) is 3.64. The molecule has 20 heavy (non-hydrogen) atoms. The number of hydrogen-bond donors (Lipinski definition) is 1. The summed E-state index contributed by atoms with van der Waals surface area (Å²) in [5.74, 6) is -1.12. The molecule has 2 aromatic rings. The minimum atomic E-state index is -0.560. The lowest BCUT2D eigenvalue weighted by Crippen LogP contribution is -2.23. The van der Waals surface area contributed by atoms with Gasteiger partial charge >= 0.3 is 0 Å². The van der Waals surface area contributed by atoms with E-state index < -0.39 is 11.6 Å². The van der Waals surface area contributed by atoms with Crippen molar-refractivity contribution < 1.29 is 8.78 Å². The molecule has 1 nitrogen and oxygen atoms in total. The first kappa shape index (κ1) is 15.1. The number of rotatable bonds is 5. The zero-order valence-electron chi connectivity index (χ0n) is 11.2. The predicted octanol–water partition coefficient (Wildman–Crippen LogP) is 4.82. The Bertz CT molecular complexity index is 566. The highest BCUT2D eigenvalue weighted by Crippen LogP contribution is 2.29. The largest absolute Gasteiger partial charge is 0.306 e. The molecule has 0 saturated heterocycles. The monoisotopic (exact) mass is 339 g/mol. The van der Waals surface area contributed by atoms with Crippen LogP contribution in [0.2, 0.25) is 0 Å². The molecular formula is C16H16BrF2N. The highest BCUT2D eigenvalue weighted by Gasteiger charge is 2.17. The Balaban J connectivity index is 2.44. The van der Waals surface area contributed by atoms with E-state index in [9.17, 15) is 8.78 Å². The van der Waals surface area contributed by atoms with Crippen LogP contribution in [-0.2, 0) is 0 Å². The predicted molar refractivity (Wildman–Crippen MR) is 80.6 cm³/mol. The summed E-state index contributed by atoms with van der Waals surface area (Å²) in [4.78, 5) is 0. The minimum Gasteiger partial charge on any atom is -0.306 e. The van der Waals surface area contributed by atoms with Gasteiger partial charge in [0.1, 0.15) is 11.6 Å². The number of nitrogens with one attached hydrogen (secondary N) is 1. The Morgan fingerprint density at radius 1 is 1.10 bits per heavy atom. The van der Waals surface area contributed by atoms with Gasteiger partial charge < -0.3 is 5.32 Å². The van der Waals surface area contributed by atoms with Crippen molar-refractivity contribution in [1.82, 2.24) is 5.32 Å². The number of hydrogen-bond acceptors (Lipinski definition) is 1. The molecule has 0 saturated carbocycles. The second-order valence-electron chi connectivity index (χ2n) is 4.61. The Hall–Kier alpha value is -1.26. The standard InChI is InChI=1S/C16H16BrF2N/c1-2-7-20-16(14-5-3-4-6-15(14)17)11-8-12(18)10-13(19)9-11/h3-6,8-10,16,20H,2,7H2,1H3. The molecule has 0 radical (unpaired) electrons. The lowest BCUT2D eigenvalue weighted by molar-refractivity contribution is 0.558. The van der Waals surface area contributed by atoms with Crippen LogP contribution in [-0.4, -0.2) is 6.54 Å². The van der Waals surface area contributed by atoms with Gasteiger partial charge in [-0.1, -0.05) is 41.1 Å². The first-order valence-corrected chi connectivity index (χ1v) is 7.35. The van der Waals surface area contributed by atoms with Crippen molar-refractivity contribution in [2.75, 3.05) is 6.54 Å². The molecule has 1 unspecified atom stereocenters. The van der Waals surface area contributed by atoms with E-state index in [0.29, 0.717) is 5.56 Å². The zero-order valence-corrected chi connectivity index (χ0v) is 12.8. The van der Waals surface area contributed by atoms with Crippen LogP contribution >= 0.6 is 15.9 Å². The van der Waals surface area contributed by atoms with E-state index in [-0.39, 0.29) is 6.04 Å². The van der Waals surface area contributed by atoms with Gasteiger partial charge in [-0.25, -0.2) is 8.78 Å². The molecule has 0 aliphatic carbocycles. The van der Waals surface area contributed by atoms with Crippen LogP contribution in [0.25, 0.3) is 0 Å². The van der Waals surface area contributed by atoms with E-state index >= 15 is 0 Å².